The van der Waals surface area contributed by atoms with E-state index in [1.54, 1.807) is 12.1 Å². The molecule has 1 unspecified atom stereocenters. The Morgan fingerprint density at radius 2 is 2.05 bits per heavy atom. The third kappa shape index (κ3) is 3.47. The first-order valence-electron chi connectivity index (χ1n) is 5.61. The van der Waals surface area contributed by atoms with Gasteiger partial charge in [0.05, 0.1) is 23.0 Å². The van der Waals surface area contributed by atoms with Gasteiger partial charge in [-0.15, -0.1) is 0 Å². The maximum Gasteiger partial charge on any atom is 0.141 e. The summed E-state index contributed by atoms with van der Waals surface area (Å²) in [6.07, 6.45) is 1.59. The van der Waals surface area contributed by atoms with E-state index in [9.17, 15) is 8.78 Å². The summed E-state index contributed by atoms with van der Waals surface area (Å²) in [5.74, 6) is 4.59. The summed E-state index contributed by atoms with van der Waals surface area (Å²) in [5, 5.41) is 0.0559. The zero-order chi connectivity index (χ0) is 13.8. The van der Waals surface area contributed by atoms with Crippen LogP contribution < -0.4 is 11.3 Å². The zero-order valence-electron chi connectivity index (χ0n) is 9.91. The molecule has 0 fully saturated rings. The molecule has 6 heteroatoms. The van der Waals surface area contributed by atoms with E-state index in [-0.39, 0.29) is 11.1 Å². The zero-order valence-corrected chi connectivity index (χ0v) is 10.7. The summed E-state index contributed by atoms with van der Waals surface area (Å²) in [4.78, 5) is 3.96. The van der Waals surface area contributed by atoms with Crippen LogP contribution in [0.3, 0.4) is 0 Å². The van der Waals surface area contributed by atoms with Gasteiger partial charge in [-0.3, -0.25) is 16.3 Å². The van der Waals surface area contributed by atoms with E-state index in [4.69, 9.17) is 17.4 Å². The van der Waals surface area contributed by atoms with Gasteiger partial charge < -0.3 is 0 Å². The number of hydrogen-bond acceptors (Lipinski definition) is 3. The molecule has 19 heavy (non-hydrogen) atoms. The van der Waals surface area contributed by atoms with Crippen molar-refractivity contribution in [2.75, 3.05) is 0 Å². The van der Waals surface area contributed by atoms with Gasteiger partial charge in [-0.05, 0) is 36.2 Å². The molecule has 1 aromatic heterocycles. The van der Waals surface area contributed by atoms with Crippen molar-refractivity contribution in [3.63, 3.8) is 0 Å². The van der Waals surface area contributed by atoms with Crippen LogP contribution in [0.2, 0.25) is 5.02 Å². The molecule has 0 aliphatic rings. The highest BCUT2D eigenvalue weighted by atomic mass is 35.5. The fourth-order valence-corrected chi connectivity index (χ4v) is 1.95. The van der Waals surface area contributed by atoms with E-state index < -0.39 is 11.6 Å². The van der Waals surface area contributed by atoms with Crippen molar-refractivity contribution in [2.24, 2.45) is 5.84 Å². The van der Waals surface area contributed by atoms with Crippen molar-refractivity contribution >= 4 is 11.6 Å². The predicted octanol–water partition coefficient (Wildman–Crippen LogP) is 2.76. The van der Waals surface area contributed by atoms with Crippen molar-refractivity contribution in [1.29, 1.82) is 0 Å². The standard InChI is InChI=1S/C13H12ClF2N3/c14-10-5-8(1-3-11(10)16)6-13(19-17)12-4-2-9(15)7-18-12/h1-5,7,13,19H,6,17H2. The first kappa shape index (κ1) is 13.9. The average molecular weight is 284 g/mol. The molecular formula is C13H12ClF2N3. The second-order valence-corrected chi connectivity index (χ2v) is 4.48. The van der Waals surface area contributed by atoms with Gasteiger partial charge >= 0.3 is 0 Å². The molecule has 0 aliphatic carbocycles. The Morgan fingerprint density at radius 1 is 1.26 bits per heavy atom. The van der Waals surface area contributed by atoms with Gasteiger partial charge in [0.2, 0.25) is 0 Å². The average Bonchev–Trinajstić information content (AvgIpc) is 2.41. The number of nitrogens with zero attached hydrogens (tertiary/aromatic N) is 1. The van der Waals surface area contributed by atoms with Crippen LogP contribution in [-0.2, 0) is 6.42 Å². The number of aromatic nitrogens is 1. The van der Waals surface area contributed by atoms with Gasteiger partial charge in [0.1, 0.15) is 11.6 Å². The molecule has 0 spiro atoms. The molecule has 3 nitrogen and oxygen atoms in total. The predicted molar refractivity (Wildman–Crippen MR) is 69.4 cm³/mol. The third-order valence-electron chi connectivity index (χ3n) is 2.73. The van der Waals surface area contributed by atoms with Crippen LogP contribution in [0, 0.1) is 11.6 Å². The van der Waals surface area contributed by atoms with E-state index in [2.05, 4.69) is 10.4 Å². The summed E-state index contributed by atoms with van der Waals surface area (Å²) >= 11 is 5.72. The lowest BCUT2D eigenvalue weighted by Crippen LogP contribution is -2.30. The van der Waals surface area contributed by atoms with Crippen LogP contribution >= 0.6 is 11.6 Å². The van der Waals surface area contributed by atoms with Crippen molar-refractivity contribution < 1.29 is 8.78 Å². The minimum Gasteiger partial charge on any atom is -0.271 e. The number of nitrogens with two attached hydrogens (primary N) is 1. The maximum atomic E-state index is 13.1. The maximum absolute atomic E-state index is 13.1. The van der Waals surface area contributed by atoms with Gasteiger partial charge in [-0.1, -0.05) is 17.7 Å². The second kappa shape index (κ2) is 6.06. The smallest absolute Gasteiger partial charge is 0.141 e. The quantitative estimate of drug-likeness (QED) is 0.670. The first-order valence-corrected chi connectivity index (χ1v) is 5.99. The third-order valence-corrected chi connectivity index (χ3v) is 3.02. The molecule has 0 aliphatic heterocycles. The highest BCUT2D eigenvalue weighted by Gasteiger charge is 2.13. The van der Waals surface area contributed by atoms with E-state index in [0.717, 1.165) is 11.8 Å². The number of hydrogen-bond donors (Lipinski definition) is 2. The SMILES string of the molecule is NNC(Cc1ccc(F)c(Cl)c1)c1ccc(F)cn1. The fourth-order valence-electron chi connectivity index (χ4n) is 1.74. The molecule has 2 rings (SSSR count). The van der Waals surface area contributed by atoms with Crippen LogP contribution in [0.4, 0.5) is 8.78 Å². The van der Waals surface area contributed by atoms with Gasteiger partial charge in [0, 0.05) is 0 Å². The molecule has 0 saturated heterocycles. The number of hydrazine groups is 1. The lowest BCUT2D eigenvalue weighted by molar-refractivity contribution is 0.532. The van der Waals surface area contributed by atoms with Crippen molar-refractivity contribution in [3.05, 3.63) is 64.4 Å². The van der Waals surface area contributed by atoms with Crippen molar-refractivity contribution in [1.82, 2.24) is 10.4 Å². The van der Waals surface area contributed by atoms with E-state index in [1.807, 2.05) is 0 Å². The van der Waals surface area contributed by atoms with Crippen LogP contribution in [0.25, 0.3) is 0 Å². The monoisotopic (exact) mass is 283 g/mol. The number of benzene rings is 1. The van der Waals surface area contributed by atoms with Crippen LogP contribution in [0.15, 0.2) is 36.5 Å². The summed E-state index contributed by atoms with van der Waals surface area (Å²) in [7, 11) is 0. The lowest BCUT2D eigenvalue weighted by Gasteiger charge is -2.15. The Balaban J connectivity index is 2.18. The van der Waals surface area contributed by atoms with Crippen LogP contribution in [0.1, 0.15) is 17.3 Å². The molecule has 1 heterocycles. The Morgan fingerprint density at radius 3 is 2.63 bits per heavy atom. The van der Waals surface area contributed by atoms with E-state index >= 15 is 0 Å². The second-order valence-electron chi connectivity index (χ2n) is 4.07. The van der Waals surface area contributed by atoms with Gasteiger partial charge in [-0.25, -0.2) is 8.78 Å². The Kier molecular flexibility index (Phi) is 4.42. The number of rotatable bonds is 4. The highest BCUT2D eigenvalue weighted by molar-refractivity contribution is 6.30. The van der Waals surface area contributed by atoms with Gasteiger partial charge in [-0.2, -0.15) is 0 Å². The lowest BCUT2D eigenvalue weighted by atomic mass is 10.0. The molecule has 0 amide bonds. The Bertz CT molecular complexity index is 560. The summed E-state index contributed by atoms with van der Waals surface area (Å²) in [6.45, 7) is 0. The Labute approximate surface area is 114 Å². The molecule has 0 bridgehead atoms. The van der Waals surface area contributed by atoms with Crippen LogP contribution in [0.5, 0.6) is 0 Å². The molecule has 1 atom stereocenters. The van der Waals surface area contributed by atoms with Gasteiger partial charge in [0.25, 0.3) is 0 Å². The molecule has 3 N–H and O–H groups in total. The minimum atomic E-state index is -0.470. The van der Waals surface area contributed by atoms with E-state index in [1.165, 1.54) is 18.2 Å². The largest absolute Gasteiger partial charge is 0.271 e. The van der Waals surface area contributed by atoms with Crippen molar-refractivity contribution in [2.45, 2.75) is 12.5 Å². The molecule has 2 aromatic rings. The summed E-state index contributed by atoms with van der Waals surface area (Å²) in [5.41, 5.74) is 4.01. The van der Waals surface area contributed by atoms with Crippen molar-refractivity contribution in [3.8, 4) is 0 Å². The normalized spacial score (nSPS) is 12.4. The van der Waals surface area contributed by atoms with Gasteiger partial charge in [0.15, 0.2) is 0 Å². The molecule has 100 valence electrons. The molecular weight excluding hydrogens is 272 g/mol. The highest BCUT2D eigenvalue weighted by Crippen LogP contribution is 2.21. The number of halogens is 3. The van der Waals surface area contributed by atoms with E-state index in [0.29, 0.717) is 12.1 Å². The summed E-state index contributed by atoms with van der Waals surface area (Å²) < 4.78 is 25.9. The first-order chi connectivity index (χ1) is 9.10. The number of pyridine rings is 1. The number of nitrogens with one attached hydrogen (secondary N) is 1. The molecule has 0 radical (unpaired) electrons. The van der Waals surface area contributed by atoms with Crippen LogP contribution in [-0.4, -0.2) is 4.98 Å². The fraction of sp³-hybridized carbons (Fsp3) is 0.154. The minimum absolute atomic E-state index is 0.0559. The molecule has 0 saturated carbocycles. The summed E-state index contributed by atoms with van der Waals surface area (Å²) in [6, 6.07) is 7.00. The molecule has 1 aromatic carbocycles. The Hall–Kier alpha value is -1.56. The topological polar surface area (TPSA) is 50.9 Å².